The van der Waals surface area contributed by atoms with Gasteiger partial charge in [-0.2, -0.15) is 5.26 Å². The zero-order valence-electron chi connectivity index (χ0n) is 19.9. The lowest BCUT2D eigenvalue weighted by Gasteiger charge is -2.34. The number of fused-ring (bicyclic) bond motifs is 2. The molecule has 0 bridgehead atoms. The van der Waals surface area contributed by atoms with E-state index >= 15 is 0 Å². The number of piperazine rings is 1. The summed E-state index contributed by atoms with van der Waals surface area (Å²) in [7, 11) is 0. The molecule has 3 heterocycles. The van der Waals surface area contributed by atoms with E-state index in [1.54, 1.807) is 11.5 Å². The van der Waals surface area contributed by atoms with E-state index < -0.39 is 6.04 Å². The Morgan fingerprint density at radius 3 is 2.59 bits per heavy atom. The number of hydrogen-bond acceptors (Lipinski definition) is 6. The molecule has 5 rings (SSSR count). The van der Waals surface area contributed by atoms with Crippen LogP contribution in [0.15, 0.2) is 51.8 Å². The Bertz CT molecular complexity index is 1450. The average Bonchev–Trinajstić information content (AvgIpc) is 3.31. The lowest BCUT2D eigenvalue weighted by Crippen LogP contribution is -2.47. The number of pyridine rings is 1. The lowest BCUT2D eigenvalue weighted by atomic mass is 10.0. The molecule has 2 aromatic heterocycles. The summed E-state index contributed by atoms with van der Waals surface area (Å²) in [5, 5.41) is 15.8. The molecule has 7 heteroatoms. The van der Waals surface area contributed by atoms with Gasteiger partial charge < -0.3 is 9.42 Å². The fourth-order valence-electron chi connectivity index (χ4n) is 4.91. The molecule has 1 saturated heterocycles. The van der Waals surface area contributed by atoms with Crippen LogP contribution in [0.2, 0.25) is 0 Å². The Morgan fingerprint density at radius 2 is 1.82 bits per heavy atom. The number of aromatic nitrogens is 2. The van der Waals surface area contributed by atoms with Gasteiger partial charge in [-0.1, -0.05) is 23.4 Å². The number of benzene rings is 2. The summed E-state index contributed by atoms with van der Waals surface area (Å²) < 4.78 is 7.10. The Labute approximate surface area is 198 Å². The summed E-state index contributed by atoms with van der Waals surface area (Å²) in [5.74, 6) is 0.938. The quantitative estimate of drug-likeness (QED) is 0.449. The summed E-state index contributed by atoms with van der Waals surface area (Å²) in [6.45, 7) is 10.4. The van der Waals surface area contributed by atoms with Crippen LogP contribution in [0.5, 0.6) is 0 Å². The molecular weight excluding hydrogens is 426 g/mol. The third-order valence-electron chi connectivity index (χ3n) is 7.15. The van der Waals surface area contributed by atoms with Gasteiger partial charge in [-0.15, -0.1) is 0 Å². The van der Waals surface area contributed by atoms with E-state index in [0.29, 0.717) is 5.56 Å². The normalized spacial score (nSPS) is 15.6. The second-order valence-electron chi connectivity index (χ2n) is 9.16. The minimum Gasteiger partial charge on any atom is -0.354 e. The van der Waals surface area contributed by atoms with Gasteiger partial charge in [-0.3, -0.25) is 14.3 Å². The zero-order chi connectivity index (χ0) is 23.8. The standard InChI is InChI=1S/C27H29N5O2/c1-18(17-28)32-24-9-8-21(16-23(24)19(2)20(3)27(32)33)10-11-30-12-14-31(15-13-30)26-22-6-4-5-7-25(22)34-29-26/h4-9,16,18H,10-15H2,1-3H3. The van der Waals surface area contributed by atoms with E-state index in [1.807, 2.05) is 38.1 Å². The van der Waals surface area contributed by atoms with Crippen molar-refractivity contribution < 1.29 is 4.52 Å². The maximum absolute atomic E-state index is 12.8. The third kappa shape index (κ3) is 3.84. The molecule has 0 amide bonds. The number of nitriles is 1. The van der Waals surface area contributed by atoms with Gasteiger partial charge in [0.15, 0.2) is 11.4 Å². The first-order chi connectivity index (χ1) is 16.5. The van der Waals surface area contributed by atoms with Crippen LogP contribution < -0.4 is 10.5 Å². The molecule has 4 aromatic rings. The predicted octanol–water partition coefficient (Wildman–Crippen LogP) is 4.21. The molecule has 0 saturated carbocycles. The molecule has 0 aliphatic carbocycles. The Balaban J connectivity index is 1.28. The SMILES string of the molecule is Cc1c(C)c2cc(CCN3CCN(c4noc5ccccc45)CC3)ccc2n(C(C)C#N)c1=O. The molecule has 174 valence electrons. The Hall–Kier alpha value is -3.63. The molecule has 1 fully saturated rings. The molecule has 1 unspecified atom stereocenters. The van der Waals surface area contributed by atoms with E-state index in [-0.39, 0.29) is 5.56 Å². The van der Waals surface area contributed by atoms with Gasteiger partial charge in [0.2, 0.25) is 0 Å². The van der Waals surface area contributed by atoms with Crippen LogP contribution >= 0.6 is 0 Å². The fraction of sp³-hybridized carbons (Fsp3) is 0.370. The van der Waals surface area contributed by atoms with Crippen molar-refractivity contribution in [2.75, 3.05) is 37.6 Å². The van der Waals surface area contributed by atoms with Crippen molar-refractivity contribution in [2.24, 2.45) is 0 Å². The van der Waals surface area contributed by atoms with Crippen LogP contribution in [0.25, 0.3) is 21.9 Å². The smallest absolute Gasteiger partial charge is 0.255 e. The van der Waals surface area contributed by atoms with Crippen molar-refractivity contribution in [2.45, 2.75) is 33.2 Å². The van der Waals surface area contributed by atoms with Gasteiger partial charge >= 0.3 is 0 Å². The van der Waals surface area contributed by atoms with Gasteiger partial charge in [-0.25, -0.2) is 0 Å². The molecular formula is C27H29N5O2. The number of anilines is 1. The maximum atomic E-state index is 12.8. The highest BCUT2D eigenvalue weighted by atomic mass is 16.5. The summed E-state index contributed by atoms with van der Waals surface area (Å²) in [6, 6.07) is 16.0. The Morgan fingerprint density at radius 1 is 1.06 bits per heavy atom. The first-order valence-electron chi connectivity index (χ1n) is 11.8. The summed E-state index contributed by atoms with van der Waals surface area (Å²) in [5.41, 5.74) is 4.54. The summed E-state index contributed by atoms with van der Waals surface area (Å²) in [6.07, 6.45) is 0.939. The molecule has 2 aromatic carbocycles. The van der Waals surface area contributed by atoms with Crippen molar-refractivity contribution in [1.29, 1.82) is 5.26 Å². The fourth-order valence-corrected chi connectivity index (χ4v) is 4.91. The first-order valence-corrected chi connectivity index (χ1v) is 11.8. The molecule has 1 aliphatic rings. The van der Waals surface area contributed by atoms with Gasteiger partial charge in [-0.05, 0) is 62.6 Å². The number of aryl methyl sites for hydroxylation is 1. The van der Waals surface area contributed by atoms with Crippen molar-refractivity contribution in [3.63, 3.8) is 0 Å². The number of nitrogens with zero attached hydrogens (tertiary/aromatic N) is 5. The molecule has 1 aliphatic heterocycles. The van der Waals surface area contributed by atoms with Crippen LogP contribution in [0.4, 0.5) is 5.82 Å². The highest BCUT2D eigenvalue weighted by Crippen LogP contribution is 2.27. The molecule has 7 nitrogen and oxygen atoms in total. The Kier molecular flexibility index (Phi) is 5.84. The highest BCUT2D eigenvalue weighted by Gasteiger charge is 2.21. The van der Waals surface area contributed by atoms with Gasteiger partial charge in [0, 0.05) is 43.7 Å². The molecule has 1 atom stereocenters. The van der Waals surface area contributed by atoms with Crippen LogP contribution in [0.3, 0.4) is 0 Å². The van der Waals surface area contributed by atoms with Crippen LogP contribution in [0, 0.1) is 25.2 Å². The van der Waals surface area contributed by atoms with Crippen molar-refractivity contribution >= 4 is 27.7 Å². The molecule has 0 spiro atoms. The van der Waals surface area contributed by atoms with E-state index in [2.05, 4.69) is 39.2 Å². The first kappa shape index (κ1) is 22.2. The second-order valence-corrected chi connectivity index (χ2v) is 9.16. The van der Waals surface area contributed by atoms with Crippen molar-refractivity contribution in [3.05, 3.63) is 69.5 Å². The van der Waals surface area contributed by atoms with Crippen molar-refractivity contribution in [1.82, 2.24) is 14.6 Å². The lowest BCUT2D eigenvalue weighted by molar-refractivity contribution is 0.259. The maximum Gasteiger partial charge on any atom is 0.255 e. The molecule has 34 heavy (non-hydrogen) atoms. The summed E-state index contributed by atoms with van der Waals surface area (Å²) >= 11 is 0. The summed E-state index contributed by atoms with van der Waals surface area (Å²) in [4.78, 5) is 17.6. The van der Waals surface area contributed by atoms with E-state index in [0.717, 1.165) is 72.4 Å². The topological polar surface area (TPSA) is 78.3 Å². The predicted molar refractivity (Wildman–Crippen MR) is 134 cm³/mol. The minimum absolute atomic E-state index is 0.0791. The van der Waals surface area contributed by atoms with Gasteiger partial charge in [0.25, 0.3) is 5.56 Å². The van der Waals surface area contributed by atoms with Gasteiger partial charge in [0.05, 0.1) is 17.0 Å². The van der Waals surface area contributed by atoms with Crippen LogP contribution in [0.1, 0.15) is 29.7 Å². The zero-order valence-corrected chi connectivity index (χ0v) is 19.9. The average molecular weight is 456 g/mol. The molecule has 0 radical (unpaired) electrons. The largest absolute Gasteiger partial charge is 0.354 e. The van der Waals surface area contributed by atoms with E-state index in [9.17, 15) is 10.1 Å². The van der Waals surface area contributed by atoms with E-state index in [1.165, 1.54) is 5.56 Å². The second kappa shape index (κ2) is 8.96. The third-order valence-corrected chi connectivity index (χ3v) is 7.15. The van der Waals surface area contributed by atoms with E-state index in [4.69, 9.17) is 4.52 Å². The number of hydrogen-bond donors (Lipinski definition) is 0. The van der Waals surface area contributed by atoms with Crippen molar-refractivity contribution in [3.8, 4) is 6.07 Å². The highest BCUT2D eigenvalue weighted by molar-refractivity contribution is 5.88. The van der Waals surface area contributed by atoms with Gasteiger partial charge in [0.1, 0.15) is 6.04 Å². The minimum atomic E-state index is -0.502. The molecule has 0 N–H and O–H groups in total. The monoisotopic (exact) mass is 455 g/mol. The van der Waals surface area contributed by atoms with Crippen LogP contribution in [-0.2, 0) is 6.42 Å². The van der Waals surface area contributed by atoms with Crippen LogP contribution in [-0.4, -0.2) is 47.3 Å². The number of para-hydroxylation sites is 1. The number of rotatable bonds is 5.